The van der Waals surface area contributed by atoms with E-state index in [1.807, 2.05) is 12.1 Å². The Morgan fingerprint density at radius 3 is 2.76 bits per heavy atom. The molecule has 1 aromatic heterocycles. The van der Waals surface area contributed by atoms with E-state index in [0.29, 0.717) is 0 Å². The molecule has 0 amide bonds. The van der Waals surface area contributed by atoms with E-state index in [1.165, 1.54) is 11.3 Å². The predicted molar refractivity (Wildman–Crippen MR) is 72.8 cm³/mol. The van der Waals surface area contributed by atoms with E-state index < -0.39 is 6.10 Å². The van der Waals surface area contributed by atoms with Gasteiger partial charge in [-0.25, -0.2) is 0 Å². The maximum Gasteiger partial charge on any atom is 0.0932 e. The van der Waals surface area contributed by atoms with Crippen molar-refractivity contribution in [2.45, 2.75) is 13.0 Å². The SMILES string of the molecule is CC(CN1CCNCC1)C(O)c1ccc(Cl)s1. The monoisotopic (exact) mass is 274 g/mol. The highest BCUT2D eigenvalue weighted by molar-refractivity contribution is 7.16. The molecule has 1 saturated heterocycles. The molecule has 17 heavy (non-hydrogen) atoms. The Morgan fingerprint density at radius 2 is 2.18 bits per heavy atom. The van der Waals surface area contributed by atoms with Crippen molar-refractivity contribution in [1.82, 2.24) is 10.2 Å². The van der Waals surface area contributed by atoms with Crippen molar-refractivity contribution < 1.29 is 5.11 Å². The van der Waals surface area contributed by atoms with Crippen LogP contribution in [-0.2, 0) is 0 Å². The van der Waals surface area contributed by atoms with E-state index in [2.05, 4.69) is 17.1 Å². The molecule has 2 rings (SSSR count). The summed E-state index contributed by atoms with van der Waals surface area (Å²) in [5.74, 6) is 0.239. The van der Waals surface area contributed by atoms with Crippen LogP contribution in [0.25, 0.3) is 0 Å². The van der Waals surface area contributed by atoms with E-state index in [4.69, 9.17) is 11.6 Å². The highest BCUT2D eigenvalue weighted by Crippen LogP contribution is 2.31. The molecular formula is C12H19ClN2OS. The highest BCUT2D eigenvalue weighted by Gasteiger charge is 2.21. The second-order valence-electron chi connectivity index (χ2n) is 4.61. The predicted octanol–water partition coefficient (Wildman–Crippen LogP) is 1.98. The quantitative estimate of drug-likeness (QED) is 0.881. The first kappa shape index (κ1) is 13.3. The molecule has 2 heterocycles. The summed E-state index contributed by atoms with van der Waals surface area (Å²) < 4.78 is 0.744. The van der Waals surface area contributed by atoms with Gasteiger partial charge in [-0.1, -0.05) is 18.5 Å². The number of thiophene rings is 1. The van der Waals surface area contributed by atoms with Crippen LogP contribution < -0.4 is 5.32 Å². The molecule has 3 nitrogen and oxygen atoms in total. The first-order valence-electron chi connectivity index (χ1n) is 6.03. The van der Waals surface area contributed by atoms with Crippen molar-refractivity contribution in [3.05, 3.63) is 21.3 Å². The summed E-state index contributed by atoms with van der Waals surface area (Å²) in [6, 6.07) is 3.77. The van der Waals surface area contributed by atoms with Gasteiger partial charge in [-0.2, -0.15) is 0 Å². The lowest BCUT2D eigenvalue weighted by Gasteiger charge is -2.31. The van der Waals surface area contributed by atoms with Crippen molar-refractivity contribution in [2.24, 2.45) is 5.92 Å². The van der Waals surface area contributed by atoms with Gasteiger partial charge in [-0.15, -0.1) is 11.3 Å². The summed E-state index contributed by atoms with van der Waals surface area (Å²) in [6.07, 6.45) is -0.401. The van der Waals surface area contributed by atoms with Crippen LogP contribution in [0.3, 0.4) is 0 Å². The molecule has 0 radical (unpaired) electrons. The summed E-state index contributed by atoms with van der Waals surface area (Å²) in [5, 5.41) is 13.6. The average Bonchev–Trinajstić information content (AvgIpc) is 2.76. The molecule has 0 bridgehead atoms. The van der Waals surface area contributed by atoms with Gasteiger partial charge < -0.3 is 15.3 Å². The molecule has 96 valence electrons. The van der Waals surface area contributed by atoms with Gasteiger partial charge in [0.25, 0.3) is 0 Å². The van der Waals surface area contributed by atoms with Crippen LogP contribution >= 0.6 is 22.9 Å². The van der Waals surface area contributed by atoms with Crippen molar-refractivity contribution in [3.8, 4) is 0 Å². The summed E-state index contributed by atoms with van der Waals surface area (Å²) in [6.45, 7) is 7.28. The van der Waals surface area contributed by atoms with E-state index in [1.54, 1.807) is 0 Å². The third-order valence-electron chi connectivity index (χ3n) is 3.18. The third kappa shape index (κ3) is 3.66. The van der Waals surface area contributed by atoms with Gasteiger partial charge in [0.15, 0.2) is 0 Å². The number of hydrogen-bond acceptors (Lipinski definition) is 4. The molecule has 5 heteroatoms. The van der Waals surface area contributed by atoms with E-state index in [9.17, 15) is 5.11 Å². The number of piperazine rings is 1. The standard InChI is InChI=1S/C12H19ClN2OS/c1-9(8-15-6-4-14-5-7-15)12(16)10-2-3-11(13)17-10/h2-3,9,12,14,16H,4-8H2,1H3. The van der Waals surface area contributed by atoms with Crippen molar-refractivity contribution in [1.29, 1.82) is 0 Å². The summed E-state index contributed by atoms with van der Waals surface area (Å²) in [4.78, 5) is 3.37. The fourth-order valence-corrected chi connectivity index (χ4v) is 3.35. The molecule has 0 aliphatic carbocycles. The zero-order chi connectivity index (χ0) is 12.3. The Bertz CT molecular complexity index is 352. The first-order valence-corrected chi connectivity index (χ1v) is 7.22. The molecule has 0 spiro atoms. The number of nitrogens with one attached hydrogen (secondary N) is 1. The van der Waals surface area contributed by atoms with E-state index >= 15 is 0 Å². The minimum atomic E-state index is -0.401. The van der Waals surface area contributed by atoms with Crippen molar-refractivity contribution >= 4 is 22.9 Å². The van der Waals surface area contributed by atoms with Gasteiger partial charge in [0, 0.05) is 37.6 Å². The Morgan fingerprint density at radius 1 is 1.47 bits per heavy atom. The molecule has 1 aromatic rings. The maximum atomic E-state index is 10.2. The lowest BCUT2D eigenvalue weighted by molar-refractivity contribution is 0.0868. The summed E-state index contributed by atoms with van der Waals surface area (Å²) in [7, 11) is 0. The Kier molecular flexibility index (Phi) is 4.82. The fourth-order valence-electron chi connectivity index (χ4n) is 2.17. The zero-order valence-electron chi connectivity index (χ0n) is 10.0. The second kappa shape index (κ2) is 6.16. The Balaban J connectivity index is 1.88. The van der Waals surface area contributed by atoms with Crippen molar-refractivity contribution in [3.63, 3.8) is 0 Å². The van der Waals surface area contributed by atoms with Gasteiger partial charge in [0.05, 0.1) is 10.4 Å². The number of aliphatic hydroxyl groups excluding tert-OH is 1. The van der Waals surface area contributed by atoms with Gasteiger partial charge in [0.2, 0.25) is 0 Å². The number of nitrogens with zero attached hydrogens (tertiary/aromatic N) is 1. The lowest BCUT2D eigenvalue weighted by Crippen LogP contribution is -2.45. The molecule has 1 aliphatic heterocycles. The number of rotatable bonds is 4. The van der Waals surface area contributed by atoms with Gasteiger partial charge in [0.1, 0.15) is 0 Å². The minimum absolute atomic E-state index is 0.239. The Labute approximate surface area is 111 Å². The zero-order valence-corrected chi connectivity index (χ0v) is 11.6. The van der Waals surface area contributed by atoms with Crippen LogP contribution in [0.15, 0.2) is 12.1 Å². The number of aliphatic hydroxyl groups is 1. The molecule has 2 atom stereocenters. The van der Waals surface area contributed by atoms with Gasteiger partial charge >= 0.3 is 0 Å². The smallest absolute Gasteiger partial charge is 0.0932 e. The molecule has 0 aromatic carbocycles. The van der Waals surface area contributed by atoms with Crippen LogP contribution in [0, 0.1) is 5.92 Å². The molecule has 2 N–H and O–H groups in total. The van der Waals surface area contributed by atoms with Crippen molar-refractivity contribution in [2.75, 3.05) is 32.7 Å². The van der Waals surface area contributed by atoms with Gasteiger partial charge in [-0.05, 0) is 18.1 Å². The minimum Gasteiger partial charge on any atom is -0.387 e. The highest BCUT2D eigenvalue weighted by atomic mass is 35.5. The van der Waals surface area contributed by atoms with Crippen LogP contribution in [0.5, 0.6) is 0 Å². The van der Waals surface area contributed by atoms with Crippen LogP contribution in [-0.4, -0.2) is 42.7 Å². The average molecular weight is 275 g/mol. The third-order valence-corrected chi connectivity index (χ3v) is 4.48. The largest absolute Gasteiger partial charge is 0.387 e. The number of hydrogen-bond donors (Lipinski definition) is 2. The van der Waals surface area contributed by atoms with Crippen LogP contribution in [0.2, 0.25) is 4.34 Å². The van der Waals surface area contributed by atoms with E-state index in [-0.39, 0.29) is 5.92 Å². The first-order chi connectivity index (χ1) is 8.16. The molecule has 2 unspecified atom stereocenters. The topological polar surface area (TPSA) is 35.5 Å². The molecular weight excluding hydrogens is 256 g/mol. The van der Waals surface area contributed by atoms with E-state index in [0.717, 1.165) is 41.9 Å². The maximum absolute atomic E-state index is 10.2. The summed E-state index contributed by atoms with van der Waals surface area (Å²) >= 11 is 7.36. The molecule has 1 aliphatic rings. The normalized spacial score (nSPS) is 21.4. The lowest BCUT2D eigenvalue weighted by atomic mass is 10.0. The molecule has 1 fully saturated rings. The van der Waals surface area contributed by atoms with Gasteiger partial charge in [-0.3, -0.25) is 0 Å². The summed E-state index contributed by atoms with van der Waals surface area (Å²) in [5.41, 5.74) is 0. The van der Waals surface area contributed by atoms with Crippen LogP contribution in [0.1, 0.15) is 17.9 Å². The van der Waals surface area contributed by atoms with Crippen LogP contribution in [0.4, 0.5) is 0 Å². The fraction of sp³-hybridized carbons (Fsp3) is 0.667. The second-order valence-corrected chi connectivity index (χ2v) is 6.36. The Hall–Kier alpha value is -0.130. The number of halogens is 1. The molecule has 0 saturated carbocycles.